The number of hydrogen-bond acceptors (Lipinski definition) is 7. The second-order valence-corrected chi connectivity index (χ2v) is 8.22. The van der Waals surface area contributed by atoms with E-state index in [0.29, 0.717) is 36.5 Å². The summed E-state index contributed by atoms with van der Waals surface area (Å²) in [7, 11) is 0. The molecule has 3 heterocycles. The van der Waals surface area contributed by atoms with Gasteiger partial charge in [0.1, 0.15) is 12.1 Å². The second-order valence-electron chi connectivity index (χ2n) is 7.19. The minimum Gasteiger partial charge on any atom is -0.477 e. The number of fused-ring (bicyclic) bond motifs is 1. The second kappa shape index (κ2) is 8.10. The fourth-order valence-corrected chi connectivity index (χ4v) is 4.00. The summed E-state index contributed by atoms with van der Waals surface area (Å²) in [6.45, 7) is 7.55. The number of para-hydroxylation sites is 1. The lowest BCUT2D eigenvalue weighted by Crippen LogP contribution is -2.49. The first-order valence-electron chi connectivity index (χ1n) is 9.45. The molecule has 0 bridgehead atoms. The van der Waals surface area contributed by atoms with E-state index in [2.05, 4.69) is 33.7 Å². The van der Waals surface area contributed by atoms with Gasteiger partial charge >= 0.3 is 0 Å². The molecule has 0 saturated carbocycles. The Kier molecular flexibility index (Phi) is 5.38. The lowest BCUT2D eigenvalue weighted by molar-refractivity contribution is 0.0746. The van der Waals surface area contributed by atoms with E-state index < -0.39 is 0 Å². The molecule has 4 rings (SSSR count). The van der Waals surface area contributed by atoms with Crippen molar-refractivity contribution in [3.8, 4) is 5.88 Å². The maximum atomic E-state index is 12.8. The van der Waals surface area contributed by atoms with Gasteiger partial charge in [0.2, 0.25) is 5.88 Å². The van der Waals surface area contributed by atoms with Gasteiger partial charge in [-0.3, -0.25) is 4.79 Å². The molecule has 28 heavy (non-hydrogen) atoms. The summed E-state index contributed by atoms with van der Waals surface area (Å²) in [5.74, 6) is 1.87. The highest BCUT2D eigenvalue weighted by Gasteiger charge is 2.25. The third kappa shape index (κ3) is 4.06. The zero-order valence-electron chi connectivity index (χ0n) is 16.0. The minimum atomic E-state index is 0.00416. The van der Waals surface area contributed by atoms with Gasteiger partial charge in [0.05, 0.1) is 16.8 Å². The number of benzene rings is 1. The van der Waals surface area contributed by atoms with Crippen molar-refractivity contribution in [2.75, 3.05) is 37.7 Å². The molecule has 146 valence electrons. The average Bonchev–Trinajstić information content (AvgIpc) is 3.16. The van der Waals surface area contributed by atoms with Crippen LogP contribution in [0, 0.1) is 5.92 Å². The number of anilines is 1. The first-order chi connectivity index (χ1) is 13.6. The summed E-state index contributed by atoms with van der Waals surface area (Å²) in [4.78, 5) is 29.9. The summed E-state index contributed by atoms with van der Waals surface area (Å²) in [6, 6.07) is 9.71. The predicted molar refractivity (Wildman–Crippen MR) is 110 cm³/mol. The van der Waals surface area contributed by atoms with Crippen LogP contribution in [-0.4, -0.2) is 58.5 Å². The molecule has 7 nitrogen and oxygen atoms in total. The third-order valence-electron chi connectivity index (χ3n) is 4.56. The Bertz CT molecular complexity index is 933. The van der Waals surface area contributed by atoms with E-state index in [1.807, 2.05) is 35.2 Å². The van der Waals surface area contributed by atoms with E-state index in [0.717, 1.165) is 29.1 Å². The largest absolute Gasteiger partial charge is 0.477 e. The number of nitrogens with zero attached hydrogens (tertiary/aromatic N) is 5. The molecule has 1 aromatic carbocycles. The maximum absolute atomic E-state index is 12.8. The molecule has 1 aliphatic rings. The third-order valence-corrected chi connectivity index (χ3v) is 5.58. The lowest BCUT2D eigenvalue weighted by Gasteiger charge is -2.35. The summed E-state index contributed by atoms with van der Waals surface area (Å²) in [6.07, 6.45) is 1.53. The highest BCUT2D eigenvalue weighted by molar-refractivity contribution is 7.20. The van der Waals surface area contributed by atoms with Crippen molar-refractivity contribution in [2.24, 2.45) is 5.92 Å². The van der Waals surface area contributed by atoms with Crippen LogP contribution in [-0.2, 0) is 0 Å². The highest BCUT2D eigenvalue weighted by Crippen LogP contribution is 2.24. The molecule has 3 aromatic rings. The van der Waals surface area contributed by atoms with E-state index in [1.54, 1.807) is 0 Å². The van der Waals surface area contributed by atoms with Gasteiger partial charge in [0, 0.05) is 32.2 Å². The van der Waals surface area contributed by atoms with Crippen molar-refractivity contribution in [1.82, 2.24) is 19.9 Å². The maximum Gasteiger partial charge on any atom is 0.282 e. The van der Waals surface area contributed by atoms with Crippen molar-refractivity contribution in [3.63, 3.8) is 0 Å². The molecular formula is C20H23N5O2S. The molecule has 1 aliphatic heterocycles. The summed E-state index contributed by atoms with van der Waals surface area (Å²) < 4.78 is 6.74. The van der Waals surface area contributed by atoms with Crippen molar-refractivity contribution >= 4 is 33.3 Å². The smallest absolute Gasteiger partial charge is 0.282 e. The Balaban J connectivity index is 1.39. The van der Waals surface area contributed by atoms with E-state index in [4.69, 9.17) is 4.74 Å². The number of rotatable bonds is 5. The number of carbonyl (C=O) groups is 1. The molecule has 0 atom stereocenters. The molecule has 1 fully saturated rings. The number of ether oxygens (including phenoxy) is 1. The van der Waals surface area contributed by atoms with Crippen LogP contribution in [0.4, 0.5) is 5.82 Å². The van der Waals surface area contributed by atoms with Crippen molar-refractivity contribution in [2.45, 2.75) is 13.8 Å². The molecule has 0 N–H and O–H groups in total. The van der Waals surface area contributed by atoms with Crippen LogP contribution in [0.1, 0.15) is 23.6 Å². The normalized spacial score (nSPS) is 14.7. The van der Waals surface area contributed by atoms with Crippen molar-refractivity contribution in [3.05, 3.63) is 41.7 Å². The Morgan fingerprint density at radius 3 is 2.71 bits per heavy atom. The number of piperazine rings is 1. The molecule has 8 heteroatoms. The molecule has 0 radical (unpaired) electrons. The quantitative estimate of drug-likeness (QED) is 0.659. The first kappa shape index (κ1) is 18.6. The van der Waals surface area contributed by atoms with Gasteiger partial charge in [0.25, 0.3) is 5.91 Å². The Hall–Kier alpha value is -2.74. The van der Waals surface area contributed by atoms with E-state index in [-0.39, 0.29) is 5.91 Å². The van der Waals surface area contributed by atoms with Gasteiger partial charge in [-0.25, -0.2) is 15.0 Å². The lowest BCUT2D eigenvalue weighted by atomic mass is 10.2. The zero-order chi connectivity index (χ0) is 19.5. The van der Waals surface area contributed by atoms with Crippen molar-refractivity contribution in [1.29, 1.82) is 0 Å². The zero-order valence-corrected chi connectivity index (χ0v) is 16.9. The van der Waals surface area contributed by atoms with Gasteiger partial charge in [-0.1, -0.05) is 26.0 Å². The van der Waals surface area contributed by atoms with Gasteiger partial charge < -0.3 is 14.5 Å². The van der Waals surface area contributed by atoms with E-state index in [9.17, 15) is 4.79 Å². The van der Waals surface area contributed by atoms with Crippen LogP contribution < -0.4 is 9.64 Å². The van der Waals surface area contributed by atoms with E-state index in [1.165, 1.54) is 17.7 Å². The van der Waals surface area contributed by atoms with Gasteiger partial charge in [-0.15, -0.1) is 11.3 Å². The predicted octanol–water partition coefficient (Wildman–Crippen LogP) is 3.08. The number of thiazole rings is 1. The average molecular weight is 398 g/mol. The van der Waals surface area contributed by atoms with E-state index >= 15 is 0 Å². The van der Waals surface area contributed by atoms with Crippen molar-refractivity contribution < 1.29 is 9.53 Å². The standard InChI is InChI=1S/C20H23N5O2S/c1-14(2)12-27-18-11-17(21-13-22-18)24-7-9-25(10-8-24)20(26)19-23-15-5-3-4-6-16(15)28-19/h3-6,11,13-14H,7-10,12H2,1-2H3. The highest BCUT2D eigenvalue weighted by atomic mass is 32.1. The Morgan fingerprint density at radius 2 is 1.96 bits per heavy atom. The minimum absolute atomic E-state index is 0.00416. The van der Waals surface area contributed by atoms with Crippen LogP contribution >= 0.6 is 11.3 Å². The molecular weight excluding hydrogens is 374 g/mol. The first-order valence-corrected chi connectivity index (χ1v) is 10.3. The fraction of sp³-hybridized carbons (Fsp3) is 0.400. The number of aromatic nitrogens is 3. The van der Waals surface area contributed by atoms with Gasteiger partial charge in [-0.2, -0.15) is 0 Å². The molecule has 1 saturated heterocycles. The summed E-state index contributed by atoms with van der Waals surface area (Å²) in [5.41, 5.74) is 0.879. The fourth-order valence-electron chi connectivity index (χ4n) is 3.07. The Morgan fingerprint density at radius 1 is 1.18 bits per heavy atom. The van der Waals surface area contributed by atoms with Crippen LogP contribution in [0.5, 0.6) is 5.88 Å². The molecule has 0 spiro atoms. The Labute approximate surface area is 168 Å². The number of carbonyl (C=O) groups excluding carboxylic acids is 1. The van der Waals surface area contributed by atoms with Gasteiger partial charge in [-0.05, 0) is 18.1 Å². The summed E-state index contributed by atoms with van der Waals surface area (Å²) in [5, 5.41) is 0.557. The van der Waals surface area contributed by atoms with Crippen LogP contribution in [0.3, 0.4) is 0 Å². The SMILES string of the molecule is CC(C)COc1cc(N2CCN(C(=O)c3nc4ccccc4s3)CC2)ncn1. The van der Waals surface area contributed by atoms with Crippen LogP contribution in [0.15, 0.2) is 36.7 Å². The molecule has 0 unspecified atom stereocenters. The summed E-state index contributed by atoms with van der Waals surface area (Å²) >= 11 is 1.45. The van der Waals surface area contributed by atoms with Gasteiger partial charge in [0.15, 0.2) is 5.01 Å². The number of hydrogen-bond donors (Lipinski definition) is 0. The number of amides is 1. The van der Waals surface area contributed by atoms with Crippen LogP contribution in [0.2, 0.25) is 0 Å². The molecule has 0 aliphatic carbocycles. The molecule has 1 amide bonds. The van der Waals surface area contributed by atoms with Crippen LogP contribution in [0.25, 0.3) is 10.2 Å². The topological polar surface area (TPSA) is 71.5 Å². The monoisotopic (exact) mass is 397 g/mol. The molecule has 2 aromatic heterocycles.